The molecule has 0 saturated carbocycles. The molecule has 4 heteroatoms. The molecule has 20 heavy (non-hydrogen) atoms. The molecule has 3 unspecified atom stereocenters. The van der Waals surface area contributed by atoms with E-state index < -0.39 is 0 Å². The van der Waals surface area contributed by atoms with Crippen molar-refractivity contribution in [1.82, 2.24) is 5.32 Å². The minimum atomic E-state index is -0.287. The molecule has 114 valence electrons. The number of methoxy groups -OCH3 is 2. The molecule has 0 aliphatic heterocycles. The highest BCUT2D eigenvalue weighted by Crippen LogP contribution is 2.24. The molecule has 1 rings (SSSR count). The van der Waals surface area contributed by atoms with E-state index in [1.807, 2.05) is 13.0 Å². The molecule has 0 bridgehead atoms. The average Bonchev–Trinajstić information content (AvgIpc) is 2.37. The van der Waals surface area contributed by atoms with Crippen LogP contribution in [0.1, 0.15) is 44.4 Å². The average molecular weight is 281 g/mol. The van der Waals surface area contributed by atoms with Crippen molar-refractivity contribution in [3.05, 3.63) is 29.3 Å². The van der Waals surface area contributed by atoms with Crippen molar-refractivity contribution in [1.29, 1.82) is 0 Å². The molecule has 0 spiro atoms. The van der Waals surface area contributed by atoms with Crippen LogP contribution in [0.4, 0.5) is 0 Å². The molecule has 1 aromatic rings. The topological polar surface area (TPSA) is 50.7 Å². The lowest BCUT2D eigenvalue weighted by molar-refractivity contribution is 0.168. The van der Waals surface area contributed by atoms with Crippen molar-refractivity contribution in [3.8, 4) is 5.75 Å². The van der Waals surface area contributed by atoms with Crippen molar-refractivity contribution < 1.29 is 14.6 Å². The maximum absolute atomic E-state index is 9.42. The number of aliphatic hydroxyl groups is 1. The molecular weight excluding hydrogens is 254 g/mol. The zero-order chi connectivity index (χ0) is 15.1. The Kier molecular flexibility index (Phi) is 6.99. The van der Waals surface area contributed by atoms with E-state index in [0.29, 0.717) is 6.61 Å². The largest absolute Gasteiger partial charge is 0.496 e. The summed E-state index contributed by atoms with van der Waals surface area (Å²) in [7, 11) is 3.35. The first-order valence-corrected chi connectivity index (χ1v) is 7.07. The molecule has 0 amide bonds. The summed E-state index contributed by atoms with van der Waals surface area (Å²) < 4.78 is 10.5. The van der Waals surface area contributed by atoms with Gasteiger partial charge in [0.1, 0.15) is 5.75 Å². The Morgan fingerprint density at radius 2 is 1.90 bits per heavy atom. The fourth-order valence-corrected chi connectivity index (χ4v) is 2.44. The van der Waals surface area contributed by atoms with Crippen molar-refractivity contribution in [2.45, 2.75) is 52.0 Å². The van der Waals surface area contributed by atoms with Crippen molar-refractivity contribution >= 4 is 0 Å². The predicted octanol–water partition coefficient (Wildman–Crippen LogP) is 2.65. The van der Waals surface area contributed by atoms with E-state index in [-0.39, 0.29) is 18.2 Å². The Morgan fingerprint density at radius 1 is 1.20 bits per heavy atom. The van der Waals surface area contributed by atoms with E-state index >= 15 is 0 Å². The van der Waals surface area contributed by atoms with Crippen LogP contribution in [0.15, 0.2) is 18.2 Å². The Labute approximate surface area is 122 Å². The van der Waals surface area contributed by atoms with Crippen LogP contribution >= 0.6 is 0 Å². The quantitative estimate of drug-likeness (QED) is 0.769. The monoisotopic (exact) mass is 281 g/mol. The predicted molar refractivity (Wildman–Crippen MR) is 81.0 cm³/mol. The SMILES string of the molecule is COCc1cc(C(C)NC(C)CC(C)O)ccc1OC. The number of rotatable bonds is 8. The zero-order valence-electron chi connectivity index (χ0n) is 13.1. The highest BCUT2D eigenvalue weighted by molar-refractivity contribution is 5.38. The van der Waals surface area contributed by atoms with E-state index in [1.165, 1.54) is 5.56 Å². The van der Waals surface area contributed by atoms with Crippen LogP contribution in [0.25, 0.3) is 0 Å². The minimum Gasteiger partial charge on any atom is -0.496 e. The van der Waals surface area contributed by atoms with Crippen LogP contribution < -0.4 is 10.1 Å². The number of ether oxygens (including phenoxy) is 2. The summed E-state index contributed by atoms with van der Waals surface area (Å²) in [6.45, 7) is 6.56. The third-order valence-corrected chi connectivity index (χ3v) is 3.33. The highest BCUT2D eigenvalue weighted by Gasteiger charge is 2.13. The van der Waals surface area contributed by atoms with Crippen LogP contribution in [0.5, 0.6) is 5.75 Å². The van der Waals surface area contributed by atoms with Crippen LogP contribution in [-0.2, 0) is 11.3 Å². The first kappa shape index (κ1) is 17.0. The summed E-state index contributed by atoms with van der Waals surface area (Å²) in [5, 5.41) is 12.9. The normalized spacial score (nSPS) is 15.7. The van der Waals surface area contributed by atoms with Gasteiger partial charge in [0.25, 0.3) is 0 Å². The van der Waals surface area contributed by atoms with Crippen molar-refractivity contribution in [2.24, 2.45) is 0 Å². The van der Waals surface area contributed by atoms with Crippen LogP contribution in [-0.4, -0.2) is 31.5 Å². The van der Waals surface area contributed by atoms with Gasteiger partial charge in [-0.2, -0.15) is 0 Å². The van der Waals surface area contributed by atoms with Gasteiger partial charge in [-0.25, -0.2) is 0 Å². The Morgan fingerprint density at radius 3 is 2.45 bits per heavy atom. The van der Waals surface area contributed by atoms with Crippen molar-refractivity contribution in [2.75, 3.05) is 14.2 Å². The van der Waals surface area contributed by atoms with Crippen LogP contribution in [0, 0.1) is 0 Å². The van der Waals surface area contributed by atoms with Gasteiger partial charge < -0.3 is 19.9 Å². The number of aliphatic hydroxyl groups excluding tert-OH is 1. The van der Waals surface area contributed by atoms with Gasteiger partial charge in [0.05, 0.1) is 19.8 Å². The molecule has 0 aliphatic rings. The van der Waals surface area contributed by atoms with Gasteiger partial charge in [-0.3, -0.25) is 0 Å². The molecule has 0 heterocycles. The van der Waals surface area contributed by atoms with Crippen molar-refractivity contribution in [3.63, 3.8) is 0 Å². The molecule has 0 radical (unpaired) electrons. The van der Waals surface area contributed by atoms with Crippen LogP contribution in [0.3, 0.4) is 0 Å². The minimum absolute atomic E-state index is 0.213. The second-order valence-electron chi connectivity index (χ2n) is 5.38. The molecule has 3 atom stereocenters. The first-order chi connectivity index (χ1) is 9.47. The van der Waals surface area contributed by atoms with E-state index in [9.17, 15) is 5.11 Å². The van der Waals surface area contributed by atoms with Gasteiger partial charge in [-0.05, 0) is 44.9 Å². The molecule has 0 saturated heterocycles. The Hall–Kier alpha value is -1.10. The molecule has 0 aliphatic carbocycles. The van der Waals surface area contributed by atoms with Gasteiger partial charge in [0, 0.05) is 24.8 Å². The van der Waals surface area contributed by atoms with Gasteiger partial charge in [0.2, 0.25) is 0 Å². The van der Waals surface area contributed by atoms with Gasteiger partial charge in [-0.1, -0.05) is 6.07 Å². The number of nitrogens with one attached hydrogen (secondary N) is 1. The Balaban J connectivity index is 2.77. The summed E-state index contributed by atoms with van der Waals surface area (Å²) in [6, 6.07) is 6.62. The zero-order valence-corrected chi connectivity index (χ0v) is 13.1. The first-order valence-electron chi connectivity index (χ1n) is 7.07. The van der Waals surface area contributed by atoms with Gasteiger partial charge >= 0.3 is 0 Å². The summed E-state index contributed by atoms with van der Waals surface area (Å²) >= 11 is 0. The van der Waals surface area contributed by atoms with E-state index in [0.717, 1.165) is 17.7 Å². The lowest BCUT2D eigenvalue weighted by atomic mass is 10.0. The molecule has 0 aromatic heterocycles. The number of hydrogen-bond donors (Lipinski definition) is 2. The summed E-state index contributed by atoms with van der Waals surface area (Å²) in [6.07, 6.45) is 0.454. The Bertz CT molecular complexity index is 407. The highest BCUT2D eigenvalue weighted by atomic mass is 16.5. The third-order valence-electron chi connectivity index (χ3n) is 3.33. The number of benzene rings is 1. The maximum Gasteiger partial charge on any atom is 0.124 e. The summed E-state index contributed by atoms with van der Waals surface area (Å²) in [5.41, 5.74) is 2.24. The molecule has 2 N–H and O–H groups in total. The second-order valence-corrected chi connectivity index (χ2v) is 5.38. The van der Waals surface area contributed by atoms with Gasteiger partial charge in [0.15, 0.2) is 0 Å². The lowest BCUT2D eigenvalue weighted by Gasteiger charge is -2.22. The van der Waals surface area contributed by atoms with E-state index in [1.54, 1.807) is 14.2 Å². The van der Waals surface area contributed by atoms with E-state index in [4.69, 9.17) is 9.47 Å². The lowest BCUT2D eigenvalue weighted by Crippen LogP contribution is -2.31. The maximum atomic E-state index is 9.42. The molecule has 0 fully saturated rings. The fraction of sp³-hybridized carbons (Fsp3) is 0.625. The molecule has 4 nitrogen and oxygen atoms in total. The van der Waals surface area contributed by atoms with Gasteiger partial charge in [-0.15, -0.1) is 0 Å². The smallest absolute Gasteiger partial charge is 0.124 e. The fourth-order valence-electron chi connectivity index (χ4n) is 2.44. The van der Waals surface area contributed by atoms with Crippen LogP contribution in [0.2, 0.25) is 0 Å². The van der Waals surface area contributed by atoms with E-state index in [2.05, 4.69) is 31.3 Å². The molecule has 1 aromatic carbocycles. The standard InChI is InChI=1S/C16H27NO3/c1-11(8-12(2)18)17-13(3)14-6-7-16(20-5)15(9-14)10-19-4/h6-7,9,11-13,17-18H,8,10H2,1-5H3. The summed E-state index contributed by atoms with van der Waals surface area (Å²) in [4.78, 5) is 0. The number of hydrogen-bond acceptors (Lipinski definition) is 4. The summed E-state index contributed by atoms with van der Waals surface area (Å²) in [5.74, 6) is 0.847. The molecular formula is C16H27NO3. The third kappa shape index (κ3) is 5.12. The second kappa shape index (κ2) is 8.25.